The molecule has 2 heterocycles. The van der Waals surface area contributed by atoms with E-state index in [4.69, 9.17) is 4.74 Å². The number of halogens is 1. The van der Waals surface area contributed by atoms with Crippen LogP contribution < -0.4 is 15.5 Å². The molecule has 0 atom stereocenters. The van der Waals surface area contributed by atoms with Gasteiger partial charge in [-0.15, -0.1) is 24.0 Å². The number of aliphatic imine (C=N–C) groups is 1. The van der Waals surface area contributed by atoms with Gasteiger partial charge in [0.2, 0.25) is 5.95 Å². The predicted molar refractivity (Wildman–Crippen MR) is 121 cm³/mol. The predicted octanol–water partition coefficient (Wildman–Crippen LogP) is 1.20. The summed E-state index contributed by atoms with van der Waals surface area (Å²) in [5.41, 5.74) is 0. The number of anilines is 1. The highest BCUT2D eigenvalue weighted by Gasteiger charge is 2.18. The first-order valence-corrected chi connectivity index (χ1v) is 9.60. The van der Waals surface area contributed by atoms with Gasteiger partial charge in [0.15, 0.2) is 5.96 Å². The summed E-state index contributed by atoms with van der Waals surface area (Å²) in [6.45, 7) is 10.6. The molecule has 27 heavy (non-hydrogen) atoms. The Morgan fingerprint density at radius 1 is 1.11 bits per heavy atom. The van der Waals surface area contributed by atoms with Crippen LogP contribution in [0.4, 0.5) is 5.95 Å². The molecule has 0 aliphatic carbocycles. The lowest BCUT2D eigenvalue weighted by atomic mass is 10.3. The van der Waals surface area contributed by atoms with Crippen LogP contribution in [0.5, 0.6) is 0 Å². The Bertz CT molecular complexity index is 510. The van der Waals surface area contributed by atoms with Gasteiger partial charge in [-0.05, 0) is 32.4 Å². The number of ether oxygens (including phenoxy) is 1. The number of hydrogen-bond acceptors (Lipinski definition) is 6. The van der Waals surface area contributed by atoms with E-state index < -0.39 is 0 Å². The van der Waals surface area contributed by atoms with Crippen LogP contribution in [0, 0.1) is 0 Å². The van der Waals surface area contributed by atoms with E-state index in [9.17, 15) is 0 Å². The summed E-state index contributed by atoms with van der Waals surface area (Å²) in [5, 5.41) is 6.69. The van der Waals surface area contributed by atoms with E-state index >= 15 is 0 Å². The Morgan fingerprint density at radius 2 is 1.78 bits per heavy atom. The first-order chi connectivity index (χ1) is 12.8. The molecule has 9 heteroatoms. The van der Waals surface area contributed by atoms with Crippen molar-refractivity contribution in [3.8, 4) is 0 Å². The van der Waals surface area contributed by atoms with E-state index in [1.165, 1.54) is 0 Å². The first kappa shape index (κ1) is 23.8. The van der Waals surface area contributed by atoms with Gasteiger partial charge in [0.25, 0.3) is 0 Å². The molecule has 0 saturated carbocycles. The summed E-state index contributed by atoms with van der Waals surface area (Å²) < 4.78 is 5.33. The Hall–Kier alpha value is -1.20. The van der Waals surface area contributed by atoms with Crippen LogP contribution in [-0.4, -0.2) is 86.9 Å². The summed E-state index contributed by atoms with van der Waals surface area (Å²) in [4.78, 5) is 17.7. The van der Waals surface area contributed by atoms with E-state index in [1.54, 1.807) is 12.4 Å². The smallest absolute Gasteiger partial charge is 0.225 e. The van der Waals surface area contributed by atoms with Crippen LogP contribution in [0.15, 0.2) is 23.5 Å². The van der Waals surface area contributed by atoms with Crippen molar-refractivity contribution in [2.45, 2.75) is 19.8 Å². The van der Waals surface area contributed by atoms with Crippen LogP contribution in [-0.2, 0) is 4.74 Å². The van der Waals surface area contributed by atoms with Gasteiger partial charge in [-0.1, -0.05) is 0 Å². The molecular weight excluding hydrogens is 457 g/mol. The minimum absolute atomic E-state index is 0. The Balaban J connectivity index is 0.00000364. The maximum Gasteiger partial charge on any atom is 0.225 e. The SMILES string of the molecule is CCOCCCNC(=NC)NCCCN1CCN(c2ncccn2)CC1.I. The van der Waals surface area contributed by atoms with Crippen molar-refractivity contribution in [2.75, 3.05) is 71.0 Å². The van der Waals surface area contributed by atoms with Gasteiger partial charge in [-0.2, -0.15) is 0 Å². The van der Waals surface area contributed by atoms with Crippen LogP contribution in [0.1, 0.15) is 19.8 Å². The molecule has 1 aliphatic heterocycles. The van der Waals surface area contributed by atoms with Gasteiger partial charge >= 0.3 is 0 Å². The minimum atomic E-state index is 0. The second kappa shape index (κ2) is 14.8. The van der Waals surface area contributed by atoms with Crippen LogP contribution in [0.2, 0.25) is 0 Å². The number of aromatic nitrogens is 2. The van der Waals surface area contributed by atoms with Gasteiger partial charge in [-0.25, -0.2) is 9.97 Å². The molecule has 1 aliphatic rings. The lowest BCUT2D eigenvalue weighted by molar-refractivity contribution is 0.145. The zero-order valence-electron chi connectivity index (χ0n) is 16.6. The van der Waals surface area contributed by atoms with Gasteiger partial charge in [0.1, 0.15) is 0 Å². The number of rotatable bonds is 10. The zero-order chi connectivity index (χ0) is 18.5. The largest absolute Gasteiger partial charge is 0.382 e. The number of hydrogen-bond donors (Lipinski definition) is 2. The lowest BCUT2D eigenvalue weighted by Gasteiger charge is -2.34. The van der Waals surface area contributed by atoms with E-state index in [0.29, 0.717) is 0 Å². The van der Waals surface area contributed by atoms with Crippen molar-refractivity contribution < 1.29 is 4.74 Å². The monoisotopic (exact) mass is 491 g/mol. The number of nitrogens with one attached hydrogen (secondary N) is 2. The van der Waals surface area contributed by atoms with Crippen LogP contribution in [0.25, 0.3) is 0 Å². The van der Waals surface area contributed by atoms with Gasteiger partial charge < -0.3 is 20.3 Å². The molecule has 0 radical (unpaired) electrons. The highest BCUT2D eigenvalue weighted by molar-refractivity contribution is 14.0. The third-order valence-electron chi connectivity index (χ3n) is 4.34. The highest BCUT2D eigenvalue weighted by Crippen LogP contribution is 2.09. The summed E-state index contributed by atoms with van der Waals surface area (Å²) >= 11 is 0. The third-order valence-corrected chi connectivity index (χ3v) is 4.34. The fourth-order valence-electron chi connectivity index (χ4n) is 2.88. The molecule has 154 valence electrons. The van der Waals surface area contributed by atoms with Crippen molar-refractivity contribution in [2.24, 2.45) is 4.99 Å². The van der Waals surface area contributed by atoms with Crippen LogP contribution >= 0.6 is 24.0 Å². The number of nitrogens with zero attached hydrogens (tertiary/aromatic N) is 5. The molecule has 8 nitrogen and oxygen atoms in total. The molecule has 0 aromatic carbocycles. The van der Waals surface area contributed by atoms with E-state index in [2.05, 4.69) is 35.4 Å². The highest BCUT2D eigenvalue weighted by atomic mass is 127. The van der Waals surface area contributed by atoms with E-state index in [0.717, 1.165) is 83.8 Å². The quantitative estimate of drug-likeness (QED) is 0.221. The standard InChI is InChI=1S/C18H33N7O.HI/c1-3-26-16-6-10-21-17(19-2)20-9-5-11-24-12-14-25(15-13-24)18-22-7-4-8-23-18;/h4,7-8H,3,5-6,9-16H2,1-2H3,(H2,19,20,21);1H. The minimum Gasteiger partial charge on any atom is -0.382 e. The molecule has 2 rings (SSSR count). The molecule has 1 aromatic rings. The Morgan fingerprint density at radius 3 is 2.41 bits per heavy atom. The summed E-state index contributed by atoms with van der Waals surface area (Å²) in [5.74, 6) is 1.71. The molecule has 2 N–H and O–H groups in total. The fourth-order valence-corrected chi connectivity index (χ4v) is 2.88. The van der Waals surface area contributed by atoms with Crippen molar-refractivity contribution >= 4 is 35.9 Å². The van der Waals surface area contributed by atoms with Crippen molar-refractivity contribution in [1.82, 2.24) is 25.5 Å². The van der Waals surface area contributed by atoms with E-state index in [1.807, 2.05) is 20.0 Å². The third kappa shape index (κ3) is 9.52. The second-order valence-electron chi connectivity index (χ2n) is 6.21. The molecule has 0 spiro atoms. The van der Waals surface area contributed by atoms with Crippen LogP contribution in [0.3, 0.4) is 0 Å². The number of piperazine rings is 1. The maximum atomic E-state index is 5.33. The zero-order valence-corrected chi connectivity index (χ0v) is 18.9. The molecule has 1 saturated heterocycles. The van der Waals surface area contributed by atoms with Crippen molar-refractivity contribution in [3.63, 3.8) is 0 Å². The van der Waals surface area contributed by atoms with Crippen molar-refractivity contribution in [1.29, 1.82) is 0 Å². The molecule has 0 amide bonds. The molecule has 0 unspecified atom stereocenters. The van der Waals surface area contributed by atoms with Gasteiger partial charge in [0.05, 0.1) is 0 Å². The average molecular weight is 491 g/mol. The lowest BCUT2D eigenvalue weighted by Crippen LogP contribution is -2.47. The maximum absolute atomic E-state index is 5.33. The molecular formula is C18H34IN7O. The van der Waals surface area contributed by atoms with Gasteiger partial charge in [-0.3, -0.25) is 9.89 Å². The second-order valence-corrected chi connectivity index (χ2v) is 6.21. The summed E-state index contributed by atoms with van der Waals surface area (Å²) in [6, 6.07) is 1.86. The Labute approximate surface area is 180 Å². The fraction of sp³-hybridized carbons (Fsp3) is 0.722. The normalized spacial score (nSPS) is 15.3. The van der Waals surface area contributed by atoms with E-state index in [-0.39, 0.29) is 24.0 Å². The summed E-state index contributed by atoms with van der Waals surface area (Å²) in [7, 11) is 1.81. The topological polar surface area (TPSA) is 77.9 Å². The molecule has 1 aromatic heterocycles. The molecule has 1 fully saturated rings. The number of guanidine groups is 1. The first-order valence-electron chi connectivity index (χ1n) is 9.60. The summed E-state index contributed by atoms with van der Waals surface area (Å²) in [6.07, 6.45) is 5.70. The Kier molecular flexibility index (Phi) is 13.1. The average Bonchev–Trinajstić information content (AvgIpc) is 2.70. The molecule has 0 bridgehead atoms. The van der Waals surface area contributed by atoms with Gasteiger partial charge in [0, 0.05) is 71.9 Å². The van der Waals surface area contributed by atoms with Crippen molar-refractivity contribution in [3.05, 3.63) is 18.5 Å².